The average Bonchev–Trinajstić information content (AvgIpc) is 2.87. The molecule has 5 atom stereocenters. The van der Waals surface area contributed by atoms with Crippen molar-refractivity contribution in [3.63, 3.8) is 0 Å². The maximum Gasteiger partial charge on any atom is 0.261 e. The maximum atomic E-state index is 10.8. The summed E-state index contributed by atoms with van der Waals surface area (Å²) in [6.45, 7) is 6.45. The van der Waals surface area contributed by atoms with Gasteiger partial charge in [0.1, 0.15) is 24.4 Å². The molecule has 3 N–H and O–H groups in total. The molecule has 0 spiro atoms. The molecule has 0 aliphatic carbocycles. The van der Waals surface area contributed by atoms with Gasteiger partial charge >= 0.3 is 0 Å². The minimum Gasteiger partial charge on any atom is -0.444 e. The van der Waals surface area contributed by atoms with Crippen LogP contribution in [0.1, 0.15) is 20.8 Å². The van der Waals surface area contributed by atoms with Crippen LogP contribution in [0.25, 0.3) is 0 Å². The molecule has 0 saturated carbocycles. The average molecular weight is 575 g/mol. The highest BCUT2D eigenvalue weighted by Crippen LogP contribution is 2.37. The van der Waals surface area contributed by atoms with Gasteiger partial charge < -0.3 is 29.2 Å². The molecule has 4 rings (SSSR count). The first-order valence-corrected chi connectivity index (χ1v) is 14.6. The lowest BCUT2D eigenvalue weighted by atomic mass is 9.99. The van der Waals surface area contributed by atoms with E-state index in [9.17, 15) is 15.3 Å². The topological polar surface area (TPSA) is 101 Å². The van der Waals surface area contributed by atoms with Crippen molar-refractivity contribution >= 4 is 34.6 Å². The zero-order valence-electron chi connectivity index (χ0n) is 20.5. The van der Waals surface area contributed by atoms with Gasteiger partial charge in [-0.25, -0.2) is 4.98 Å². The first-order chi connectivity index (χ1) is 17.1. The van der Waals surface area contributed by atoms with Gasteiger partial charge in [-0.3, -0.25) is 0 Å². The van der Waals surface area contributed by atoms with Crippen molar-refractivity contribution in [2.75, 3.05) is 6.61 Å². The molecule has 1 fully saturated rings. The third-order valence-corrected chi connectivity index (χ3v) is 12.1. The molecule has 192 valence electrons. The third-order valence-electron chi connectivity index (χ3n) is 6.50. The molecule has 9 heteroatoms. The lowest BCUT2D eigenvalue weighted by Gasteiger charge is -2.45. The molecule has 1 aromatic heterocycles. The molecule has 0 bridgehead atoms. The summed E-state index contributed by atoms with van der Waals surface area (Å²) in [5, 5.41) is 33.9. The van der Waals surface area contributed by atoms with Gasteiger partial charge in [0.05, 0.1) is 11.1 Å². The van der Waals surface area contributed by atoms with Crippen molar-refractivity contribution in [3.05, 3.63) is 83.5 Å². The molecule has 5 unspecified atom stereocenters. The van der Waals surface area contributed by atoms with Crippen LogP contribution in [-0.4, -0.2) is 65.9 Å². The Balaban J connectivity index is 1.65. The lowest BCUT2D eigenvalue weighted by Crippen LogP contribution is -2.68. The van der Waals surface area contributed by atoms with Crippen LogP contribution in [0.5, 0.6) is 5.88 Å². The van der Waals surface area contributed by atoms with Gasteiger partial charge in [0.25, 0.3) is 8.32 Å². The highest BCUT2D eigenvalue weighted by Gasteiger charge is 2.52. The summed E-state index contributed by atoms with van der Waals surface area (Å²) in [5.41, 5.74) is 0. The summed E-state index contributed by atoms with van der Waals surface area (Å²) in [7, 11) is -2.90. The van der Waals surface area contributed by atoms with Crippen LogP contribution in [0.2, 0.25) is 5.04 Å². The fraction of sp³-hybridized carbons (Fsp3) is 0.370. The summed E-state index contributed by atoms with van der Waals surface area (Å²) in [6.07, 6.45) is -4.98. The Morgan fingerprint density at radius 3 is 1.97 bits per heavy atom. The van der Waals surface area contributed by atoms with Gasteiger partial charge in [0.15, 0.2) is 0 Å². The number of hydrogen-bond donors (Lipinski definition) is 3. The van der Waals surface area contributed by atoms with E-state index in [2.05, 4.69) is 66.0 Å². The number of aliphatic hydroxyl groups is 3. The highest BCUT2D eigenvalue weighted by molar-refractivity contribution is 9.10. The zero-order chi connectivity index (χ0) is 25.9. The Bertz CT molecular complexity index is 1090. The summed E-state index contributed by atoms with van der Waals surface area (Å²) in [6, 6.07) is 23.7. The molecule has 3 aromatic rings. The van der Waals surface area contributed by atoms with Crippen LogP contribution in [0, 0.1) is 0 Å². The number of halogens is 1. The van der Waals surface area contributed by atoms with Crippen LogP contribution < -0.4 is 15.1 Å². The number of pyridine rings is 1. The van der Waals surface area contributed by atoms with Crippen molar-refractivity contribution in [1.82, 2.24) is 4.98 Å². The van der Waals surface area contributed by atoms with Crippen molar-refractivity contribution in [2.24, 2.45) is 0 Å². The van der Waals surface area contributed by atoms with Gasteiger partial charge in [-0.2, -0.15) is 0 Å². The second kappa shape index (κ2) is 11.1. The molecular weight excluding hydrogens is 542 g/mol. The molecule has 1 saturated heterocycles. The quantitative estimate of drug-likeness (QED) is 0.373. The monoisotopic (exact) mass is 573 g/mol. The summed E-state index contributed by atoms with van der Waals surface area (Å²) in [5.74, 6) is 0.205. The standard InChI is InChI=1S/C27H32BrNO6Si/c1-27(2,3)36(18-11-6-4-7-12-18,19-13-8-5-9-14-19)33-17-21-22(30)23(31)24(32)26(34-21)35-25-20(28)15-10-16-29-25/h4-16,21-24,26,30-32H,17H2,1-3H3. The molecule has 0 radical (unpaired) electrons. The van der Waals surface area contributed by atoms with Gasteiger partial charge in [-0.1, -0.05) is 81.4 Å². The fourth-order valence-electron chi connectivity index (χ4n) is 4.69. The Morgan fingerprint density at radius 1 is 0.861 bits per heavy atom. The van der Waals surface area contributed by atoms with Crippen molar-refractivity contribution in [1.29, 1.82) is 0 Å². The highest BCUT2D eigenvalue weighted by atomic mass is 79.9. The van der Waals surface area contributed by atoms with Crippen molar-refractivity contribution in [3.8, 4) is 5.88 Å². The number of benzene rings is 2. The second-order valence-electron chi connectivity index (χ2n) is 9.90. The van der Waals surface area contributed by atoms with Gasteiger partial charge in [0.2, 0.25) is 12.2 Å². The van der Waals surface area contributed by atoms with Crippen molar-refractivity contribution in [2.45, 2.75) is 56.5 Å². The minimum atomic E-state index is -2.90. The number of aromatic nitrogens is 1. The number of nitrogens with zero attached hydrogens (tertiary/aromatic N) is 1. The van der Waals surface area contributed by atoms with E-state index in [0.717, 1.165) is 10.4 Å². The molecule has 7 nitrogen and oxygen atoms in total. The van der Waals surface area contributed by atoms with E-state index >= 15 is 0 Å². The molecule has 0 amide bonds. The largest absolute Gasteiger partial charge is 0.444 e. The Hall–Kier alpha value is -2.11. The van der Waals surface area contributed by atoms with Crippen LogP contribution in [0.4, 0.5) is 0 Å². The molecule has 1 aliphatic heterocycles. The number of ether oxygens (including phenoxy) is 2. The Labute approximate surface area is 221 Å². The number of aliphatic hydroxyl groups excluding tert-OH is 3. The normalized spacial score (nSPS) is 24.9. The molecule has 36 heavy (non-hydrogen) atoms. The smallest absolute Gasteiger partial charge is 0.261 e. The summed E-state index contributed by atoms with van der Waals surface area (Å²) >= 11 is 3.36. The summed E-state index contributed by atoms with van der Waals surface area (Å²) < 4.78 is 19.2. The minimum absolute atomic E-state index is 0.0124. The van der Waals surface area contributed by atoms with E-state index in [4.69, 9.17) is 13.9 Å². The van der Waals surface area contributed by atoms with E-state index in [1.807, 2.05) is 36.4 Å². The van der Waals surface area contributed by atoms with Crippen LogP contribution in [0.3, 0.4) is 0 Å². The molecule has 2 aromatic carbocycles. The van der Waals surface area contributed by atoms with Crippen LogP contribution in [0.15, 0.2) is 83.5 Å². The van der Waals surface area contributed by atoms with E-state index in [1.54, 1.807) is 18.3 Å². The molecular formula is C27H32BrNO6Si. The third kappa shape index (κ3) is 5.28. The lowest BCUT2D eigenvalue weighted by molar-refractivity contribution is -0.277. The van der Waals surface area contributed by atoms with Crippen LogP contribution in [-0.2, 0) is 9.16 Å². The van der Waals surface area contributed by atoms with Crippen molar-refractivity contribution < 1.29 is 29.2 Å². The van der Waals surface area contributed by atoms with E-state index in [1.165, 1.54) is 0 Å². The first kappa shape index (κ1) is 26.9. The Kier molecular flexibility index (Phi) is 8.31. The van der Waals surface area contributed by atoms with E-state index in [-0.39, 0.29) is 17.5 Å². The fourth-order valence-corrected chi connectivity index (χ4v) is 9.61. The SMILES string of the molecule is CC(C)(C)[Si](OCC1OC(Oc2ncccc2Br)C(O)C(O)C1O)(c1ccccc1)c1ccccc1. The van der Waals surface area contributed by atoms with Gasteiger partial charge in [-0.15, -0.1) is 0 Å². The van der Waals surface area contributed by atoms with Gasteiger partial charge in [0, 0.05) is 6.20 Å². The zero-order valence-corrected chi connectivity index (χ0v) is 23.1. The predicted molar refractivity (Wildman–Crippen MR) is 143 cm³/mol. The molecule has 1 aliphatic rings. The molecule has 2 heterocycles. The number of hydrogen-bond acceptors (Lipinski definition) is 7. The maximum absolute atomic E-state index is 10.8. The van der Waals surface area contributed by atoms with E-state index in [0.29, 0.717) is 4.47 Å². The number of rotatable bonds is 7. The summed E-state index contributed by atoms with van der Waals surface area (Å²) in [4.78, 5) is 4.14. The predicted octanol–water partition coefficient (Wildman–Crippen LogP) is 2.61. The van der Waals surface area contributed by atoms with Crippen LogP contribution >= 0.6 is 15.9 Å². The first-order valence-electron chi connectivity index (χ1n) is 11.9. The van der Waals surface area contributed by atoms with Gasteiger partial charge in [-0.05, 0) is 43.5 Å². The second-order valence-corrected chi connectivity index (χ2v) is 15.1. The Morgan fingerprint density at radius 2 is 1.44 bits per heavy atom. The van der Waals surface area contributed by atoms with E-state index < -0.39 is 39.0 Å².